The van der Waals surface area contributed by atoms with E-state index in [1.54, 1.807) is 31.2 Å². The van der Waals surface area contributed by atoms with E-state index in [0.29, 0.717) is 17.0 Å². The van der Waals surface area contributed by atoms with Gasteiger partial charge in [0.25, 0.3) is 5.91 Å². The van der Waals surface area contributed by atoms with E-state index < -0.39 is 5.92 Å². The van der Waals surface area contributed by atoms with Gasteiger partial charge in [0.05, 0.1) is 25.7 Å². The number of methoxy groups -OCH3 is 1. The van der Waals surface area contributed by atoms with E-state index in [-0.39, 0.29) is 31.1 Å². The van der Waals surface area contributed by atoms with E-state index in [4.69, 9.17) is 16.3 Å². The molecule has 6 heteroatoms. The molecule has 1 amide bonds. The first kappa shape index (κ1) is 18.5. The highest BCUT2D eigenvalue weighted by atomic mass is 35.5. The van der Waals surface area contributed by atoms with Gasteiger partial charge in [-0.25, -0.2) is 0 Å². The molecule has 0 spiro atoms. The molecule has 5 nitrogen and oxygen atoms in total. The van der Waals surface area contributed by atoms with Crippen LogP contribution in [0.1, 0.15) is 30.6 Å². The first-order valence-electron chi connectivity index (χ1n) is 7.19. The third-order valence-corrected chi connectivity index (χ3v) is 3.80. The molecule has 0 aromatic heterocycles. The highest BCUT2D eigenvalue weighted by molar-refractivity contribution is 6.30. The average molecular weight is 328 g/mol. The predicted octanol–water partition coefficient (Wildman–Crippen LogP) is 2.36. The van der Waals surface area contributed by atoms with Crippen molar-refractivity contribution in [3.8, 4) is 0 Å². The lowest BCUT2D eigenvalue weighted by molar-refractivity contribution is -0.145. The molecule has 22 heavy (non-hydrogen) atoms. The molecule has 122 valence electrons. The lowest BCUT2D eigenvalue weighted by Crippen LogP contribution is -2.45. The number of aliphatic hydroxyl groups excluding tert-OH is 1. The summed E-state index contributed by atoms with van der Waals surface area (Å²) in [4.78, 5) is 25.8. The van der Waals surface area contributed by atoms with Crippen molar-refractivity contribution in [3.05, 3.63) is 34.9 Å². The van der Waals surface area contributed by atoms with Gasteiger partial charge in [0, 0.05) is 17.1 Å². The molecule has 1 rings (SSSR count). The molecule has 0 aliphatic carbocycles. The lowest BCUT2D eigenvalue weighted by Gasteiger charge is -2.31. The van der Waals surface area contributed by atoms with Gasteiger partial charge in [-0.15, -0.1) is 0 Å². The van der Waals surface area contributed by atoms with Crippen molar-refractivity contribution in [2.24, 2.45) is 5.92 Å². The maximum absolute atomic E-state index is 12.7. The van der Waals surface area contributed by atoms with Crippen LogP contribution in [0.25, 0.3) is 0 Å². The Labute approximate surface area is 135 Å². The number of hydrogen-bond donors (Lipinski definition) is 1. The predicted molar refractivity (Wildman–Crippen MR) is 84.8 cm³/mol. The van der Waals surface area contributed by atoms with Crippen molar-refractivity contribution in [2.75, 3.05) is 20.3 Å². The zero-order valence-corrected chi connectivity index (χ0v) is 13.8. The summed E-state index contributed by atoms with van der Waals surface area (Å²) in [5.74, 6) is -1.10. The summed E-state index contributed by atoms with van der Waals surface area (Å²) in [6, 6.07) is 6.18. The molecule has 2 unspecified atom stereocenters. The zero-order chi connectivity index (χ0) is 16.7. The van der Waals surface area contributed by atoms with Gasteiger partial charge in [-0.1, -0.05) is 25.4 Å². The summed E-state index contributed by atoms with van der Waals surface area (Å²) in [6.45, 7) is 3.60. The number of amides is 1. The van der Waals surface area contributed by atoms with Gasteiger partial charge in [-0.3, -0.25) is 9.59 Å². The number of carbonyl (C=O) groups excluding carboxylic acids is 2. The van der Waals surface area contributed by atoms with Crippen molar-refractivity contribution >= 4 is 23.5 Å². The number of ether oxygens (including phenoxy) is 1. The highest BCUT2D eigenvalue weighted by Gasteiger charge is 2.27. The number of halogens is 1. The molecule has 0 aliphatic heterocycles. The van der Waals surface area contributed by atoms with Crippen LogP contribution in [0.2, 0.25) is 5.02 Å². The van der Waals surface area contributed by atoms with Gasteiger partial charge in [0.15, 0.2) is 0 Å². The zero-order valence-electron chi connectivity index (χ0n) is 13.1. The molecule has 0 heterocycles. The molecule has 1 aromatic rings. The molecule has 0 fully saturated rings. The van der Waals surface area contributed by atoms with E-state index in [0.717, 1.165) is 0 Å². The van der Waals surface area contributed by atoms with Crippen molar-refractivity contribution in [1.82, 2.24) is 4.90 Å². The smallest absolute Gasteiger partial charge is 0.310 e. The van der Waals surface area contributed by atoms with Crippen LogP contribution in [-0.4, -0.2) is 48.2 Å². The molecular formula is C16H22ClNO4. The summed E-state index contributed by atoms with van der Waals surface area (Å²) in [6.07, 6.45) is 0.587. The number of carbonyl (C=O) groups is 2. The van der Waals surface area contributed by atoms with E-state index in [1.807, 2.05) is 6.92 Å². The molecule has 0 saturated heterocycles. The Morgan fingerprint density at radius 2 is 1.91 bits per heavy atom. The summed E-state index contributed by atoms with van der Waals surface area (Å²) < 4.78 is 4.70. The Morgan fingerprint density at radius 1 is 1.32 bits per heavy atom. The van der Waals surface area contributed by atoms with Crippen molar-refractivity contribution < 1.29 is 19.4 Å². The van der Waals surface area contributed by atoms with Crippen LogP contribution in [0.3, 0.4) is 0 Å². The maximum Gasteiger partial charge on any atom is 0.310 e. The fraction of sp³-hybridized carbons (Fsp3) is 0.500. The summed E-state index contributed by atoms with van der Waals surface area (Å²) in [7, 11) is 1.31. The minimum Gasteiger partial charge on any atom is -0.469 e. The molecule has 0 bridgehead atoms. The van der Waals surface area contributed by atoms with E-state index >= 15 is 0 Å². The van der Waals surface area contributed by atoms with E-state index in [1.165, 1.54) is 12.0 Å². The molecule has 1 aromatic carbocycles. The molecular weight excluding hydrogens is 306 g/mol. The topological polar surface area (TPSA) is 66.8 Å². The monoisotopic (exact) mass is 327 g/mol. The van der Waals surface area contributed by atoms with Crippen LogP contribution >= 0.6 is 11.6 Å². The minimum absolute atomic E-state index is 0.163. The fourth-order valence-corrected chi connectivity index (χ4v) is 2.30. The highest BCUT2D eigenvalue weighted by Crippen LogP contribution is 2.16. The van der Waals surface area contributed by atoms with Crippen LogP contribution in [0.15, 0.2) is 24.3 Å². The quantitative estimate of drug-likeness (QED) is 0.781. The van der Waals surface area contributed by atoms with Crippen molar-refractivity contribution in [1.29, 1.82) is 0 Å². The molecule has 0 saturated carbocycles. The Bertz CT molecular complexity index is 499. The van der Waals surface area contributed by atoms with Crippen LogP contribution < -0.4 is 0 Å². The third kappa shape index (κ3) is 4.71. The largest absolute Gasteiger partial charge is 0.469 e. The lowest BCUT2D eigenvalue weighted by atomic mass is 10.1. The van der Waals surface area contributed by atoms with Crippen molar-refractivity contribution in [3.63, 3.8) is 0 Å². The van der Waals surface area contributed by atoms with E-state index in [9.17, 15) is 14.7 Å². The summed E-state index contributed by atoms with van der Waals surface area (Å²) in [5.41, 5.74) is 0.466. The van der Waals surface area contributed by atoms with Gasteiger partial charge in [-0.05, 0) is 30.7 Å². The minimum atomic E-state index is -0.471. The Morgan fingerprint density at radius 3 is 2.36 bits per heavy atom. The number of esters is 1. The number of nitrogens with zero attached hydrogens (tertiary/aromatic N) is 1. The first-order valence-corrected chi connectivity index (χ1v) is 7.57. The maximum atomic E-state index is 12.7. The molecule has 0 aliphatic rings. The second-order valence-electron chi connectivity index (χ2n) is 5.13. The Hall–Kier alpha value is -1.59. The van der Waals surface area contributed by atoms with Crippen LogP contribution in [-0.2, 0) is 9.53 Å². The summed E-state index contributed by atoms with van der Waals surface area (Å²) in [5, 5.41) is 10.1. The SMILES string of the molecule is CCC(CO)N(CC(C)C(=O)OC)C(=O)c1ccc(Cl)cc1. The number of benzene rings is 1. The van der Waals surface area contributed by atoms with Gasteiger partial charge < -0.3 is 14.7 Å². The van der Waals surface area contributed by atoms with E-state index in [2.05, 4.69) is 0 Å². The fourth-order valence-electron chi connectivity index (χ4n) is 2.17. The van der Waals surface area contributed by atoms with Gasteiger partial charge >= 0.3 is 5.97 Å². The second kappa shape index (κ2) is 8.76. The van der Waals surface area contributed by atoms with Gasteiger partial charge in [-0.2, -0.15) is 0 Å². The second-order valence-corrected chi connectivity index (χ2v) is 5.57. The van der Waals surface area contributed by atoms with Crippen molar-refractivity contribution in [2.45, 2.75) is 26.3 Å². The average Bonchev–Trinajstić information content (AvgIpc) is 2.54. The first-order chi connectivity index (χ1) is 10.4. The Kier molecular flexibility index (Phi) is 7.35. The van der Waals surface area contributed by atoms with Gasteiger partial charge in [0.1, 0.15) is 0 Å². The van der Waals surface area contributed by atoms with Crippen LogP contribution in [0, 0.1) is 5.92 Å². The third-order valence-electron chi connectivity index (χ3n) is 3.55. The number of rotatable bonds is 7. The molecule has 0 radical (unpaired) electrons. The summed E-state index contributed by atoms with van der Waals surface area (Å²) >= 11 is 5.83. The normalized spacial score (nSPS) is 13.3. The molecule has 1 N–H and O–H groups in total. The standard InChI is InChI=1S/C16H22ClNO4/c1-4-14(10-19)18(9-11(2)16(21)22-3)15(20)12-5-7-13(17)8-6-12/h5-8,11,14,19H,4,9-10H2,1-3H3. The molecule has 2 atom stereocenters. The van der Waals surface area contributed by atoms with Gasteiger partial charge in [0.2, 0.25) is 0 Å². The van der Waals surface area contributed by atoms with Crippen LogP contribution in [0.5, 0.6) is 0 Å². The Balaban J connectivity index is 3.01. The number of aliphatic hydroxyl groups is 1. The number of hydrogen-bond acceptors (Lipinski definition) is 4. The van der Waals surface area contributed by atoms with Crippen LogP contribution in [0.4, 0.5) is 0 Å².